The van der Waals surface area contributed by atoms with Crippen LogP contribution in [0, 0.1) is 5.92 Å². The van der Waals surface area contributed by atoms with E-state index in [1.807, 2.05) is 24.4 Å². The molecular formula is C21H35Cl2N3O. The molecule has 2 aromatic rings. The molecule has 6 heteroatoms. The van der Waals surface area contributed by atoms with Gasteiger partial charge in [-0.25, -0.2) is 0 Å². The van der Waals surface area contributed by atoms with Crippen LogP contribution < -0.4 is 10.1 Å². The lowest BCUT2D eigenvalue weighted by molar-refractivity contribution is 0.200. The van der Waals surface area contributed by atoms with Crippen LogP contribution >= 0.6 is 24.8 Å². The molecule has 1 unspecified atom stereocenters. The summed E-state index contributed by atoms with van der Waals surface area (Å²) < 4.78 is 5.43. The summed E-state index contributed by atoms with van der Waals surface area (Å²) in [6.45, 7) is 12.3. The summed E-state index contributed by atoms with van der Waals surface area (Å²) in [5.41, 5.74) is 2.04. The third-order valence-corrected chi connectivity index (χ3v) is 4.84. The van der Waals surface area contributed by atoms with Crippen molar-refractivity contribution in [2.24, 2.45) is 5.92 Å². The van der Waals surface area contributed by atoms with Crippen molar-refractivity contribution in [3.63, 3.8) is 0 Å². The van der Waals surface area contributed by atoms with E-state index in [0.29, 0.717) is 6.04 Å². The van der Waals surface area contributed by atoms with Crippen LogP contribution in [0.2, 0.25) is 0 Å². The smallest absolute Gasteiger partial charge is 0.121 e. The number of fused-ring (bicyclic) bond motifs is 1. The van der Waals surface area contributed by atoms with Gasteiger partial charge in [-0.2, -0.15) is 0 Å². The number of halogens is 2. The Morgan fingerprint density at radius 3 is 2.52 bits per heavy atom. The van der Waals surface area contributed by atoms with Gasteiger partial charge in [0.1, 0.15) is 5.75 Å². The van der Waals surface area contributed by atoms with E-state index in [1.165, 1.54) is 12.8 Å². The lowest BCUT2D eigenvalue weighted by Gasteiger charge is -2.29. The number of aromatic nitrogens is 1. The zero-order valence-electron chi connectivity index (χ0n) is 17.2. The molecule has 0 aliphatic carbocycles. The topological polar surface area (TPSA) is 37.4 Å². The Bertz CT molecular complexity index is 667. The van der Waals surface area contributed by atoms with Crippen molar-refractivity contribution in [3.8, 4) is 5.75 Å². The van der Waals surface area contributed by atoms with Gasteiger partial charge in [-0.1, -0.05) is 26.8 Å². The first-order valence-electron chi connectivity index (χ1n) is 9.45. The lowest BCUT2D eigenvalue weighted by atomic mass is 10.1. The van der Waals surface area contributed by atoms with Crippen molar-refractivity contribution in [1.29, 1.82) is 0 Å². The average Bonchev–Trinajstić information content (AvgIpc) is 2.63. The van der Waals surface area contributed by atoms with E-state index >= 15 is 0 Å². The van der Waals surface area contributed by atoms with E-state index in [0.717, 1.165) is 47.9 Å². The number of hydrogen-bond donors (Lipinski definition) is 1. The molecule has 2 rings (SSSR count). The van der Waals surface area contributed by atoms with E-state index in [-0.39, 0.29) is 24.8 Å². The molecule has 0 aliphatic rings. The number of benzene rings is 1. The van der Waals surface area contributed by atoms with Gasteiger partial charge < -0.3 is 10.1 Å². The maximum absolute atomic E-state index is 5.43. The Morgan fingerprint density at radius 2 is 1.89 bits per heavy atom. The van der Waals surface area contributed by atoms with Crippen molar-refractivity contribution >= 4 is 41.4 Å². The first-order chi connectivity index (χ1) is 12.0. The van der Waals surface area contributed by atoms with E-state index in [1.54, 1.807) is 7.11 Å². The number of anilines is 1. The van der Waals surface area contributed by atoms with Gasteiger partial charge in [0.05, 0.1) is 18.3 Å². The van der Waals surface area contributed by atoms with Crippen molar-refractivity contribution in [2.75, 3.05) is 32.1 Å². The Hall–Kier alpha value is -1.23. The summed E-state index contributed by atoms with van der Waals surface area (Å²) in [4.78, 5) is 7.12. The van der Waals surface area contributed by atoms with Crippen LogP contribution in [-0.2, 0) is 0 Å². The second kappa shape index (κ2) is 13.0. The molecule has 0 spiro atoms. The Kier molecular flexibility index (Phi) is 12.4. The molecule has 0 aliphatic heterocycles. The van der Waals surface area contributed by atoms with E-state index in [2.05, 4.69) is 49.0 Å². The summed E-state index contributed by atoms with van der Waals surface area (Å²) in [5.74, 6) is 1.60. The second-order valence-corrected chi connectivity index (χ2v) is 7.15. The summed E-state index contributed by atoms with van der Waals surface area (Å²) >= 11 is 0. The first kappa shape index (κ1) is 25.8. The summed E-state index contributed by atoms with van der Waals surface area (Å²) in [5, 5.41) is 4.68. The third-order valence-electron chi connectivity index (χ3n) is 4.84. The molecule has 0 saturated heterocycles. The van der Waals surface area contributed by atoms with Gasteiger partial charge in [0.2, 0.25) is 0 Å². The van der Waals surface area contributed by atoms with Gasteiger partial charge in [-0.05, 0) is 44.4 Å². The molecule has 0 bridgehead atoms. The Balaban J connectivity index is 0.00000338. The molecule has 0 amide bonds. The highest BCUT2D eigenvalue weighted by atomic mass is 35.5. The second-order valence-electron chi connectivity index (χ2n) is 7.15. The van der Waals surface area contributed by atoms with Gasteiger partial charge in [-0.15, -0.1) is 24.8 Å². The molecule has 4 nitrogen and oxygen atoms in total. The van der Waals surface area contributed by atoms with Crippen LogP contribution in [0.15, 0.2) is 30.5 Å². The van der Waals surface area contributed by atoms with Gasteiger partial charge in [0, 0.05) is 36.8 Å². The fraction of sp³-hybridized carbons (Fsp3) is 0.571. The standard InChI is InChI=1S/C21H33N3O.2ClH/c1-6-17(4)24(12-9-16(2)3)13-11-22-20-15-19(25-5)14-18-8-7-10-23-21(18)20;;/h7-8,10,14-17,22H,6,9,11-13H2,1-5H3;2*1H. The van der Waals surface area contributed by atoms with Crippen LogP contribution in [-0.4, -0.2) is 42.7 Å². The molecular weight excluding hydrogens is 381 g/mol. The molecule has 0 saturated carbocycles. The quantitative estimate of drug-likeness (QED) is 0.544. The number of rotatable bonds is 10. The molecule has 0 fully saturated rings. The summed E-state index contributed by atoms with van der Waals surface area (Å²) in [7, 11) is 1.71. The lowest BCUT2D eigenvalue weighted by Crippen LogP contribution is -2.37. The highest BCUT2D eigenvalue weighted by Gasteiger charge is 2.13. The molecule has 27 heavy (non-hydrogen) atoms. The minimum Gasteiger partial charge on any atom is -0.497 e. The molecule has 1 N–H and O–H groups in total. The summed E-state index contributed by atoms with van der Waals surface area (Å²) in [6.07, 6.45) is 4.27. The Labute approximate surface area is 176 Å². The monoisotopic (exact) mass is 415 g/mol. The van der Waals surface area contributed by atoms with Crippen LogP contribution in [0.1, 0.15) is 40.5 Å². The maximum Gasteiger partial charge on any atom is 0.121 e. The van der Waals surface area contributed by atoms with Crippen molar-refractivity contribution in [1.82, 2.24) is 9.88 Å². The molecule has 1 aromatic heterocycles. The predicted molar refractivity (Wildman–Crippen MR) is 122 cm³/mol. The van der Waals surface area contributed by atoms with Gasteiger partial charge >= 0.3 is 0 Å². The first-order valence-corrected chi connectivity index (χ1v) is 9.45. The van der Waals surface area contributed by atoms with Gasteiger partial charge in [-0.3, -0.25) is 9.88 Å². The van der Waals surface area contributed by atoms with Gasteiger partial charge in [0.15, 0.2) is 0 Å². The third kappa shape index (κ3) is 7.73. The molecule has 1 aromatic carbocycles. The normalized spacial score (nSPS) is 11.8. The molecule has 154 valence electrons. The van der Waals surface area contributed by atoms with E-state index in [4.69, 9.17) is 4.74 Å². The minimum atomic E-state index is 0. The van der Waals surface area contributed by atoms with Crippen LogP contribution in [0.25, 0.3) is 10.9 Å². The highest BCUT2D eigenvalue weighted by molar-refractivity contribution is 5.91. The predicted octanol–water partition coefficient (Wildman–Crippen LogP) is 5.65. The largest absolute Gasteiger partial charge is 0.497 e. The Morgan fingerprint density at radius 1 is 1.15 bits per heavy atom. The molecule has 0 radical (unpaired) electrons. The molecule has 1 heterocycles. The fourth-order valence-electron chi connectivity index (χ4n) is 2.99. The number of pyridine rings is 1. The van der Waals surface area contributed by atoms with Crippen molar-refractivity contribution in [3.05, 3.63) is 30.5 Å². The van der Waals surface area contributed by atoms with Crippen molar-refractivity contribution in [2.45, 2.75) is 46.6 Å². The fourth-order valence-corrected chi connectivity index (χ4v) is 2.99. The van der Waals surface area contributed by atoms with Crippen LogP contribution in [0.5, 0.6) is 5.75 Å². The van der Waals surface area contributed by atoms with Crippen LogP contribution in [0.3, 0.4) is 0 Å². The number of methoxy groups -OCH3 is 1. The number of nitrogens with one attached hydrogen (secondary N) is 1. The van der Waals surface area contributed by atoms with E-state index < -0.39 is 0 Å². The number of ether oxygens (including phenoxy) is 1. The molecule has 1 atom stereocenters. The maximum atomic E-state index is 5.43. The zero-order chi connectivity index (χ0) is 18.2. The highest BCUT2D eigenvalue weighted by Crippen LogP contribution is 2.27. The van der Waals surface area contributed by atoms with E-state index in [9.17, 15) is 0 Å². The zero-order valence-corrected chi connectivity index (χ0v) is 18.8. The number of nitrogens with zero attached hydrogens (tertiary/aromatic N) is 2. The number of hydrogen-bond acceptors (Lipinski definition) is 4. The van der Waals surface area contributed by atoms with Gasteiger partial charge in [0.25, 0.3) is 0 Å². The SMILES string of the molecule is CCC(C)N(CCNc1cc(OC)cc2cccnc12)CCC(C)C.Cl.Cl. The average molecular weight is 416 g/mol. The van der Waals surface area contributed by atoms with Crippen LogP contribution in [0.4, 0.5) is 5.69 Å². The minimum absolute atomic E-state index is 0. The van der Waals surface area contributed by atoms with Crippen molar-refractivity contribution < 1.29 is 4.74 Å². The summed E-state index contributed by atoms with van der Waals surface area (Å²) in [6, 6.07) is 8.71.